The SMILES string of the molecule is CC(NC(=O)C(CC1CCCCC1)NC(=O)c1ccccc1)C(=O)O. The summed E-state index contributed by atoms with van der Waals surface area (Å²) in [5.41, 5.74) is 0.482. The molecule has 1 aromatic rings. The Morgan fingerprint density at radius 3 is 2.32 bits per heavy atom. The third kappa shape index (κ3) is 5.89. The first-order valence-electron chi connectivity index (χ1n) is 8.86. The van der Waals surface area contributed by atoms with E-state index in [1.54, 1.807) is 24.3 Å². The molecule has 2 unspecified atom stereocenters. The summed E-state index contributed by atoms with van der Waals surface area (Å²) in [5, 5.41) is 14.2. The van der Waals surface area contributed by atoms with Crippen molar-refractivity contribution >= 4 is 17.8 Å². The summed E-state index contributed by atoms with van der Waals surface area (Å²) in [7, 11) is 0. The van der Waals surface area contributed by atoms with E-state index in [0.29, 0.717) is 17.9 Å². The number of aliphatic carboxylic acids is 1. The molecule has 2 amide bonds. The van der Waals surface area contributed by atoms with Gasteiger partial charge in [-0.2, -0.15) is 0 Å². The lowest BCUT2D eigenvalue weighted by Crippen LogP contribution is -2.51. The number of carbonyl (C=O) groups excluding carboxylic acids is 2. The molecule has 0 saturated heterocycles. The van der Waals surface area contributed by atoms with Crippen LogP contribution in [-0.4, -0.2) is 35.0 Å². The van der Waals surface area contributed by atoms with Crippen LogP contribution < -0.4 is 10.6 Å². The van der Waals surface area contributed by atoms with Gasteiger partial charge in [-0.1, -0.05) is 50.3 Å². The molecule has 6 nitrogen and oxygen atoms in total. The van der Waals surface area contributed by atoms with Gasteiger partial charge in [-0.25, -0.2) is 0 Å². The molecular weight excluding hydrogens is 320 g/mol. The van der Waals surface area contributed by atoms with Crippen molar-refractivity contribution in [2.45, 2.75) is 57.5 Å². The van der Waals surface area contributed by atoms with E-state index in [-0.39, 0.29) is 5.91 Å². The first-order chi connectivity index (χ1) is 12.0. The fraction of sp³-hybridized carbons (Fsp3) is 0.526. The van der Waals surface area contributed by atoms with Crippen LogP contribution in [0.2, 0.25) is 0 Å². The van der Waals surface area contributed by atoms with E-state index >= 15 is 0 Å². The zero-order chi connectivity index (χ0) is 18.2. The summed E-state index contributed by atoms with van der Waals surface area (Å²) < 4.78 is 0. The van der Waals surface area contributed by atoms with Crippen LogP contribution in [-0.2, 0) is 9.59 Å². The van der Waals surface area contributed by atoms with Gasteiger partial charge in [-0.05, 0) is 31.4 Å². The van der Waals surface area contributed by atoms with Crippen LogP contribution >= 0.6 is 0 Å². The van der Waals surface area contributed by atoms with Gasteiger partial charge in [-0.3, -0.25) is 14.4 Å². The summed E-state index contributed by atoms with van der Waals surface area (Å²) in [6, 6.07) is 7.00. The molecule has 1 fully saturated rings. The van der Waals surface area contributed by atoms with E-state index in [1.807, 2.05) is 6.07 Å². The Bertz CT molecular complexity index is 597. The fourth-order valence-corrected chi connectivity index (χ4v) is 3.19. The molecule has 0 aromatic heterocycles. The highest BCUT2D eigenvalue weighted by atomic mass is 16.4. The van der Waals surface area contributed by atoms with Crippen molar-refractivity contribution in [1.29, 1.82) is 0 Å². The minimum atomic E-state index is -1.10. The first kappa shape index (κ1) is 19.0. The monoisotopic (exact) mass is 346 g/mol. The molecule has 0 bridgehead atoms. The highest BCUT2D eigenvalue weighted by Gasteiger charge is 2.28. The molecule has 2 rings (SSSR count). The molecular formula is C19H26N2O4. The Morgan fingerprint density at radius 1 is 1.08 bits per heavy atom. The highest BCUT2D eigenvalue weighted by Crippen LogP contribution is 2.27. The van der Waals surface area contributed by atoms with Crippen molar-refractivity contribution in [2.75, 3.05) is 0 Å². The van der Waals surface area contributed by atoms with Gasteiger partial charge in [0.15, 0.2) is 0 Å². The van der Waals surface area contributed by atoms with E-state index in [9.17, 15) is 14.4 Å². The predicted molar refractivity (Wildman–Crippen MR) is 94.1 cm³/mol. The summed E-state index contributed by atoms with van der Waals surface area (Å²) in [6.07, 6.45) is 6.10. The second-order valence-corrected chi connectivity index (χ2v) is 6.70. The van der Waals surface area contributed by atoms with Crippen molar-refractivity contribution in [3.63, 3.8) is 0 Å². The minimum absolute atomic E-state index is 0.320. The van der Waals surface area contributed by atoms with E-state index in [0.717, 1.165) is 25.7 Å². The van der Waals surface area contributed by atoms with Gasteiger partial charge in [-0.15, -0.1) is 0 Å². The molecule has 0 spiro atoms. The molecule has 3 N–H and O–H groups in total. The average Bonchev–Trinajstić information content (AvgIpc) is 2.62. The van der Waals surface area contributed by atoms with Gasteiger partial charge in [0, 0.05) is 5.56 Å². The Labute approximate surface area is 148 Å². The van der Waals surface area contributed by atoms with Crippen LogP contribution in [0.15, 0.2) is 30.3 Å². The quantitative estimate of drug-likeness (QED) is 0.706. The smallest absolute Gasteiger partial charge is 0.325 e. The van der Waals surface area contributed by atoms with E-state index in [4.69, 9.17) is 5.11 Å². The third-order valence-electron chi connectivity index (χ3n) is 4.68. The molecule has 1 saturated carbocycles. The Morgan fingerprint density at radius 2 is 1.72 bits per heavy atom. The number of hydrogen-bond acceptors (Lipinski definition) is 3. The number of benzene rings is 1. The zero-order valence-electron chi connectivity index (χ0n) is 14.5. The van der Waals surface area contributed by atoms with Gasteiger partial charge in [0.1, 0.15) is 12.1 Å². The number of carboxylic acids is 1. The lowest BCUT2D eigenvalue weighted by Gasteiger charge is -2.27. The summed E-state index contributed by atoms with van der Waals surface area (Å²) in [5.74, 6) is -1.48. The van der Waals surface area contributed by atoms with Crippen LogP contribution in [0.25, 0.3) is 0 Å². The van der Waals surface area contributed by atoms with Gasteiger partial charge in [0.05, 0.1) is 0 Å². The molecule has 1 aliphatic rings. The predicted octanol–water partition coefficient (Wildman–Crippen LogP) is 2.34. The summed E-state index contributed by atoms with van der Waals surface area (Å²) >= 11 is 0. The third-order valence-corrected chi connectivity index (χ3v) is 4.68. The van der Waals surface area contributed by atoms with Crippen LogP contribution in [0.1, 0.15) is 55.8 Å². The molecule has 0 heterocycles. The lowest BCUT2D eigenvalue weighted by atomic mass is 9.84. The van der Waals surface area contributed by atoms with E-state index in [2.05, 4.69) is 10.6 Å². The van der Waals surface area contributed by atoms with Gasteiger partial charge in [0.2, 0.25) is 5.91 Å². The summed E-state index contributed by atoms with van der Waals surface area (Å²) in [4.78, 5) is 35.9. The number of amides is 2. The van der Waals surface area contributed by atoms with Gasteiger partial charge in [0.25, 0.3) is 5.91 Å². The molecule has 1 aromatic carbocycles. The zero-order valence-corrected chi connectivity index (χ0v) is 14.5. The van der Waals surface area contributed by atoms with Crippen molar-refractivity contribution in [3.05, 3.63) is 35.9 Å². The number of hydrogen-bond donors (Lipinski definition) is 3. The molecule has 0 aliphatic heterocycles. The maximum atomic E-state index is 12.5. The molecule has 1 aliphatic carbocycles. The van der Waals surface area contributed by atoms with Crippen LogP contribution in [0.3, 0.4) is 0 Å². The largest absolute Gasteiger partial charge is 0.480 e. The highest BCUT2D eigenvalue weighted by molar-refractivity contribution is 5.98. The van der Waals surface area contributed by atoms with Crippen molar-refractivity contribution in [3.8, 4) is 0 Å². The summed E-state index contributed by atoms with van der Waals surface area (Å²) in [6.45, 7) is 1.41. The van der Waals surface area contributed by atoms with Gasteiger partial charge >= 0.3 is 5.97 Å². The number of carbonyl (C=O) groups is 3. The van der Waals surface area contributed by atoms with Gasteiger partial charge < -0.3 is 15.7 Å². The Kier molecular flexibility index (Phi) is 6.98. The molecule has 0 radical (unpaired) electrons. The van der Waals surface area contributed by atoms with Crippen molar-refractivity contribution in [2.24, 2.45) is 5.92 Å². The lowest BCUT2D eigenvalue weighted by molar-refractivity contribution is -0.141. The fourth-order valence-electron chi connectivity index (χ4n) is 3.19. The Balaban J connectivity index is 2.06. The van der Waals surface area contributed by atoms with Crippen LogP contribution in [0.5, 0.6) is 0 Å². The topological polar surface area (TPSA) is 95.5 Å². The van der Waals surface area contributed by atoms with Crippen LogP contribution in [0, 0.1) is 5.92 Å². The first-order valence-corrected chi connectivity index (χ1v) is 8.86. The average molecular weight is 346 g/mol. The number of carboxylic acid groups (broad SMARTS) is 1. The van der Waals surface area contributed by atoms with Crippen molar-refractivity contribution < 1.29 is 19.5 Å². The molecule has 2 atom stereocenters. The maximum absolute atomic E-state index is 12.5. The maximum Gasteiger partial charge on any atom is 0.325 e. The molecule has 6 heteroatoms. The normalized spacial score (nSPS) is 17.3. The minimum Gasteiger partial charge on any atom is -0.480 e. The second-order valence-electron chi connectivity index (χ2n) is 6.70. The van der Waals surface area contributed by atoms with Crippen molar-refractivity contribution in [1.82, 2.24) is 10.6 Å². The Hall–Kier alpha value is -2.37. The molecule has 25 heavy (non-hydrogen) atoms. The standard InChI is InChI=1S/C19H26N2O4/c1-13(19(24)25)20-18(23)16(12-14-8-4-2-5-9-14)21-17(22)15-10-6-3-7-11-15/h3,6-7,10-11,13-14,16H,2,4-5,8-9,12H2,1H3,(H,20,23)(H,21,22)(H,24,25). The van der Waals surface area contributed by atoms with E-state index in [1.165, 1.54) is 13.3 Å². The number of nitrogens with one attached hydrogen (secondary N) is 2. The number of rotatable bonds is 7. The molecule has 136 valence electrons. The van der Waals surface area contributed by atoms with E-state index < -0.39 is 24.0 Å². The second kappa shape index (κ2) is 9.20. The van der Waals surface area contributed by atoms with Crippen LogP contribution in [0.4, 0.5) is 0 Å².